The predicted octanol–water partition coefficient (Wildman–Crippen LogP) is 3.70. The van der Waals surface area contributed by atoms with Gasteiger partial charge in [0.2, 0.25) is 5.91 Å². The standard InChI is InChI=1S/C20H24N2O2/c1-13(2)18(20(24)21-16-10-7-8-14(3)12-16)22-19(23)17-11-6-5-9-15(17)4/h5-13,18H,1-4H3,(H,21,24)(H,22,23). The molecule has 0 saturated heterocycles. The van der Waals surface area contributed by atoms with Gasteiger partial charge in [0.15, 0.2) is 0 Å². The Morgan fingerprint density at radius 3 is 2.29 bits per heavy atom. The third-order valence-corrected chi connectivity index (χ3v) is 3.91. The summed E-state index contributed by atoms with van der Waals surface area (Å²) in [4.78, 5) is 25.1. The first kappa shape index (κ1) is 17.7. The molecule has 0 fully saturated rings. The molecule has 0 saturated carbocycles. The highest BCUT2D eigenvalue weighted by molar-refractivity contribution is 6.01. The van der Waals surface area contributed by atoms with E-state index in [1.807, 2.05) is 70.2 Å². The number of rotatable bonds is 5. The van der Waals surface area contributed by atoms with E-state index in [9.17, 15) is 9.59 Å². The normalized spacial score (nSPS) is 11.9. The SMILES string of the molecule is Cc1cccc(NC(=O)C(NC(=O)c2ccccc2C)C(C)C)c1. The molecule has 0 aliphatic rings. The summed E-state index contributed by atoms with van der Waals surface area (Å²) in [5.74, 6) is -0.466. The lowest BCUT2D eigenvalue weighted by atomic mass is 10.0. The number of hydrogen-bond donors (Lipinski definition) is 2. The molecule has 1 atom stereocenters. The van der Waals surface area contributed by atoms with E-state index < -0.39 is 6.04 Å². The Balaban J connectivity index is 2.13. The molecule has 0 aliphatic carbocycles. The van der Waals surface area contributed by atoms with Gasteiger partial charge in [-0.05, 0) is 49.1 Å². The Morgan fingerprint density at radius 2 is 1.67 bits per heavy atom. The van der Waals surface area contributed by atoms with Crippen molar-refractivity contribution in [3.8, 4) is 0 Å². The minimum atomic E-state index is -0.599. The highest BCUT2D eigenvalue weighted by atomic mass is 16.2. The van der Waals surface area contributed by atoms with Crippen molar-refractivity contribution in [3.63, 3.8) is 0 Å². The Morgan fingerprint density at radius 1 is 0.958 bits per heavy atom. The van der Waals surface area contributed by atoms with Crippen LogP contribution in [0.15, 0.2) is 48.5 Å². The number of anilines is 1. The number of hydrogen-bond acceptors (Lipinski definition) is 2. The van der Waals surface area contributed by atoms with Gasteiger partial charge in [-0.1, -0.05) is 44.2 Å². The molecule has 126 valence electrons. The molecule has 1 unspecified atom stereocenters. The van der Waals surface area contributed by atoms with Crippen LogP contribution in [0.4, 0.5) is 5.69 Å². The molecule has 0 bridgehead atoms. The Labute approximate surface area is 143 Å². The predicted molar refractivity (Wildman–Crippen MR) is 97.1 cm³/mol. The Kier molecular flexibility index (Phi) is 5.74. The Hall–Kier alpha value is -2.62. The van der Waals surface area contributed by atoms with Crippen molar-refractivity contribution in [2.45, 2.75) is 33.7 Å². The molecule has 4 heteroatoms. The van der Waals surface area contributed by atoms with Crippen molar-refractivity contribution in [1.29, 1.82) is 0 Å². The van der Waals surface area contributed by atoms with Gasteiger partial charge >= 0.3 is 0 Å². The lowest BCUT2D eigenvalue weighted by molar-refractivity contribution is -0.118. The summed E-state index contributed by atoms with van der Waals surface area (Å²) in [6, 6.07) is 14.3. The van der Waals surface area contributed by atoms with E-state index in [-0.39, 0.29) is 17.7 Å². The number of carbonyl (C=O) groups is 2. The second-order valence-electron chi connectivity index (χ2n) is 6.37. The lowest BCUT2D eigenvalue weighted by Crippen LogP contribution is -2.47. The van der Waals surface area contributed by atoms with E-state index in [4.69, 9.17) is 0 Å². The monoisotopic (exact) mass is 324 g/mol. The largest absolute Gasteiger partial charge is 0.340 e. The van der Waals surface area contributed by atoms with E-state index >= 15 is 0 Å². The molecule has 4 nitrogen and oxygen atoms in total. The molecule has 0 radical (unpaired) electrons. The van der Waals surface area contributed by atoms with Crippen LogP contribution in [0, 0.1) is 19.8 Å². The fourth-order valence-electron chi connectivity index (χ4n) is 2.52. The fraction of sp³-hybridized carbons (Fsp3) is 0.300. The first-order valence-electron chi connectivity index (χ1n) is 8.12. The molecule has 0 spiro atoms. The van der Waals surface area contributed by atoms with Crippen LogP contribution >= 0.6 is 0 Å². The Bertz CT molecular complexity index is 738. The first-order valence-corrected chi connectivity index (χ1v) is 8.12. The van der Waals surface area contributed by atoms with Gasteiger partial charge in [-0.15, -0.1) is 0 Å². The number of aryl methyl sites for hydroxylation is 2. The van der Waals surface area contributed by atoms with Crippen LogP contribution in [0.1, 0.15) is 35.3 Å². The maximum Gasteiger partial charge on any atom is 0.252 e. The van der Waals surface area contributed by atoms with Crippen molar-refractivity contribution in [2.24, 2.45) is 5.92 Å². The minimum absolute atomic E-state index is 0.0252. The molecule has 0 heterocycles. The summed E-state index contributed by atoms with van der Waals surface area (Å²) in [5, 5.41) is 5.74. The molecule has 2 aromatic rings. The molecule has 2 aromatic carbocycles. The van der Waals surface area contributed by atoms with E-state index in [1.54, 1.807) is 6.07 Å². The summed E-state index contributed by atoms with van der Waals surface area (Å²) in [7, 11) is 0. The smallest absolute Gasteiger partial charge is 0.252 e. The van der Waals surface area contributed by atoms with E-state index in [0.29, 0.717) is 5.56 Å². The van der Waals surface area contributed by atoms with Gasteiger partial charge in [0.1, 0.15) is 6.04 Å². The lowest BCUT2D eigenvalue weighted by Gasteiger charge is -2.22. The van der Waals surface area contributed by atoms with Crippen molar-refractivity contribution >= 4 is 17.5 Å². The average Bonchev–Trinajstić information content (AvgIpc) is 2.52. The van der Waals surface area contributed by atoms with Gasteiger partial charge in [0.25, 0.3) is 5.91 Å². The third-order valence-electron chi connectivity index (χ3n) is 3.91. The number of amides is 2. The minimum Gasteiger partial charge on any atom is -0.340 e. The van der Waals surface area contributed by atoms with Crippen LogP contribution in [0.3, 0.4) is 0 Å². The van der Waals surface area contributed by atoms with Crippen LogP contribution in [0.2, 0.25) is 0 Å². The summed E-state index contributed by atoms with van der Waals surface area (Å²) in [6.07, 6.45) is 0. The third kappa shape index (κ3) is 4.44. The van der Waals surface area contributed by atoms with Crippen LogP contribution < -0.4 is 10.6 Å². The molecular weight excluding hydrogens is 300 g/mol. The van der Waals surface area contributed by atoms with Crippen LogP contribution in [-0.2, 0) is 4.79 Å². The van der Waals surface area contributed by atoms with E-state index in [0.717, 1.165) is 16.8 Å². The molecule has 2 N–H and O–H groups in total. The van der Waals surface area contributed by atoms with Gasteiger partial charge < -0.3 is 10.6 Å². The summed E-state index contributed by atoms with van der Waals surface area (Å²) in [6.45, 7) is 7.68. The van der Waals surface area contributed by atoms with Gasteiger partial charge in [0, 0.05) is 11.3 Å². The van der Waals surface area contributed by atoms with Gasteiger partial charge in [-0.2, -0.15) is 0 Å². The highest BCUT2D eigenvalue weighted by Gasteiger charge is 2.25. The summed E-state index contributed by atoms with van der Waals surface area (Å²) < 4.78 is 0. The summed E-state index contributed by atoms with van der Waals surface area (Å²) in [5.41, 5.74) is 3.27. The van der Waals surface area contributed by atoms with Crippen molar-refractivity contribution in [1.82, 2.24) is 5.32 Å². The highest BCUT2D eigenvalue weighted by Crippen LogP contribution is 2.13. The van der Waals surface area contributed by atoms with Gasteiger partial charge in [0.05, 0.1) is 0 Å². The maximum atomic E-state index is 12.6. The van der Waals surface area contributed by atoms with Crippen molar-refractivity contribution in [2.75, 3.05) is 5.32 Å². The van der Waals surface area contributed by atoms with E-state index in [2.05, 4.69) is 10.6 Å². The average molecular weight is 324 g/mol. The zero-order chi connectivity index (χ0) is 17.7. The quantitative estimate of drug-likeness (QED) is 0.881. The topological polar surface area (TPSA) is 58.2 Å². The van der Waals surface area contributed by atoms with Crippen molar-refractivity contribution in [3.05, 3.63) is 65.2 Å². The van der Waals surface area contributed by atoms with Gasteiger partial charge in [-0.3, -0.25) is 9.59 Å². The molecule has 2 rings (SSSR count). The zero-order valence-corrected chi connectivity index (χ0v) is 14.6. The van der Waals surface area contributed by atoms with Crippen LogP contribution in [0.5, 0.6) is 0 Å². The van der Waals surface area contributed by atoms with Crippen LogP contribution in [-0.4, -0.2) is 17.9 Å². The van der Waals surface area contributed by atoms with Gasteiger partial charge in [-0.25, -0.2) is 0 Å². The summed E-state index contributed by atoms with van der Waals surface area (Å²) >= 11 is 0. The zero-order valence-electron chi connectivity index (χ0n) is 14.6. The van der Waals surface area contributed by atoms with E-state index in [1.165, 1.54) is 0 Å². The fourth-order valence-corrected chi connectivity index (χ4v) is 2.52. The second kappa shape index (κ2) is 7.77. The first-order chi connectivity index (χ1) is 11.4. The molecular formula is C20H24N2O2. The molecule has 0 aromatic heterocycles. The van der Waals surface area contributed by atoms with Crippen molar-refractivity contribution < 1.29 is 9.59 Å². The number of nitrogens with one attached hydrogen (secondary N) is 2. The number of benzene rings is 2. The number of carbonyl (C=O) groups excluding carboxylic acids is 2. The maximum absolute atomic E-state index is 12.6. The molecule has 2 amide bonds. The second-order valence-corrected chi connectivity index (χ2v) is 6.37. The molecule has 24 heavy (non-hydrogen) atoms. The molecule has 0 aliphatic heterocycles. The van der Waals surface area contributed by atoms with Crippen LogP contribution in [0.25, 0.3) is 0 Å².